The monoisotopic (exact) mass is 755 g/mol. The number of thiophene rings is 1. The van der Waals surface area contributed by atoms with E-state index in [2.05, 4.69) is 214 Å². The van der Waals surface area contributed by atoms with Gasteiger partial charge in [0.05, 0.1) is 49.2 Å². The lowest BCUT2D eigenvalue weighted by atomic mass is 9.97. The topological polar surface area (TPSA) is 14.8 Å². The summed E-state index contributed by atoms with van der Waals surface area (Å²) in [7, 11) is 0. The highest BCUT2D eigenvalue weighted by Gasteiger charge is 2.23. The number of rotatable bonds is 4. The lowest BCUT2D eigenvalue weighted by Crippen LogP contribution is -1.98. The summed E-state index contributed by atoms with van der Waals surface area (Å²) in [4.78, 5) is 0. The molecule has 9 aromatic carbocycles. The second-order valence-electron chi connectivity index (χ2n) is 15.2. The van der Waals surface area contributed by atoms with Crippen LogP contribution < -0.4 is 0 Å². The number of hydrogen-bond acceptors (Lipinski definition) is 1. The maximum atomic E-state index is 2.54. The van der Waals surface area contributed by atoms with Crippen LogP contribution in [0.4, 0.5) is 0 Å². The summed E-state index contributed by atoms with van der Waals surface area (Å²) in [6.07, 6.45) is 0. The van der Waals surface area contributed by atoms with Gasteiger partial charge >= 0.3 is 0 Å². The quantitative estimate of drug-likeness (QED) is 0.170. The molecule has 0 atom stereocenters. The van der Waals surface area contributed by atoms with E-state index >= 15 is 0 Å². The first-order valence-corrected chi connectivity index (χ1v) is 20.7. The maximum Gasteiger partial charge on any atom is 0.0640 e. The lowest BCUT2D eigenvalue weighted by molar-refractivity contribution is 1.17. The molecule has 0 aliphatic rings. The third-order valence-electron chi connectivity index (χ3n) is 12.2. The van der Waals surface area contributed by atoms with Crippen LogP contribution in [-0.2, 0) is 0 Å². The zero-order chi connectivity index (χ0) is 37.9. The van der Waals surface area contributed by atoms with E-state index in [1.807, 2.05) is 11.3 Å². The zero-order valence-corrected chi connectivity index (χ0v) is 32.1. The van der Waals surface area contributed by atoms with Gasteiger partial charge in [-0.25, -0.2) is 0 Å². The Morgan fingerprint density at radius 2 is 0.793 bits per heavy atom. The molecule has 58 heavy (non-hydrogen) atoms. The van der Waals surface area contributed by atoms with Crippen LogP contribution in [0.2, 0.25) is 0 Å². The highest BCUT2D eigenvalue weighted by atomic mass is 32.1. The fraction of sp³-hybridized carbons (Fsp3) is 0. The van der Waals surface area contributed by atoms with Crippen LogP contribution in [0.15, 0.2) is 200 Å². The van der Waals surface area contributed by atoms with Crippen molar-refractivity contribution < 1.29 is 0 Å². The standard InChI is InChI=1S/C54H33N3S/c1-2-16-34(17-3-1)55-46-29-11-7-21-41(46)52-47(55)30-15-31-48(52)57-45-28-10-6-20-37(45)39-23-12-24-40(53(39)57)38-22-14-33-50-51(38)42-25-13-32-49(54(42)58-50)56-43-26-8-4-18-35(43)36-19-5-9-27-44(36)56/h1-33H. The van der Waals surface area contributed by atoms with E-state index < -0.39 is 0 Å². The number of benzene rings is 9. The van der Waals surface area contributed by atoms with E-state index in [4.69, 9.17) is 0 Å². The third kappa shape index (κ3) is 4.27. The molecule has 4 aromatic heterocycles. The molecule has 270 valence electrons. The van der Waals surface area contributed by atoms with E-state index in [-0.39, 0.29) is 0 Å². The molecule has 0 saturated carbocycles. The van der Waals surface area contributed by atoms with Gasteiger partial charge in [0.25, 0.3) is 0 Å². The van der Waals surface area contributed by atoms with E-state index in [0.29, 0.717) is 0 Å². The Kier molecular flexibility index (Phi) is 6.60. The van der Waals surface area contributed by atoms with E-state index in [0.717, 1.165) is 5.69 Å². The summed E-state index contributed by atoms with van der Waals surface area (Å²) in [5.74, 6) is 0. The Balaban J connectivity index is 1.13. The number of para-hydroxylation sites is 6. The van der Waals surface area contributed by atoms with Crippen LogP contribution in [0.25, 0.3) is 114 Å². The summed E-state index contributed by atoms with van der Waals surface area (Å²) in [5, 5.41) is 10.1. The fourth-order valence-corrected chi connectivity index (χ4v) is 11.2. The molecule has 0 aliphatic carbocycles. The Morgan fingerprint density at radius 1 is 0.293 bits per heavy atom. The first-order chi connectivity index (χ1) is 28.8. The van der Waals surface area contributed by atoms with Crippen molar-refractivity contribution >= 4 is 96.9 Å². The average molecular weight is 756 g/mol. The number of hydrogen-bond donors (Lipinski definition) is 0. The highest BCUT2D eigenvalue weighted by molar-refractivity contribution is 7.26. The molecule has 0 radical (unpaired) electrons. The number of fused-ring (bicyclic) bond motifs is 12. The average Bonchev–Trinajstić information content (AvgIpc) is 4.03. The minimum atomic E-state index is 1.16. The third-order valence-corrected chi connectivity index (χ3v) is 13.4. The van der Waals surface area contributed by atoms with E-state index in [1.54, 1.807) is 0 Å². The Labute approximate surface area is 337 Å². The highest BCUT2D eigenvalue weighted by Crippen LogP contribution is 2.47. The van der Waals surface area contributed by atoms with Crippen molar-refractivity contribution in [1.82, 2.24) is 13.7 Å². The predicted octanol–water partition coefficient (Wildman–Crippen LogP) is 15.0. The van der Waals surface area contributed by atoms with Crippen LogP contribution in [0.5, 0.6) is 0 Å². The zero-order valence-electron chi connectivity index (χ0n) is 31.3. The molecular weight excluding hydrogens is 723 g/mol. The van der Waals surface area contributed by atoms with Gasteiger partial charge in [-0.2, -0.15) is 0 Å². The smallest absolute Gasteiger partial charge is 0.0640 e. The summed E-state index contributed by atoms with van der Waals surface area (Å²) >= 11 is 1.90. The van der Waals surface area contributed by atoms with Gasteiger partial charge in [-0.15, -0.1) is 11.3 Å². The van der Waals surface area contributed by atoms with E-state index in [1.165, 1.54) is 108 Å². The minimum Gasteiger partial charge on any atom is -0.309 e. The van der Waals surface area contributed by atoms with Crippen molar-refractivity contribution in [3.8, 4) is 28.2 Å². The first-order valence-electron chi connectivity index (χ1n) is 19.9. The second-order valence-corrected chi connectivity index (χ2v) is 16.3. The molecule has 4 heterocycles. The molecule has 0 amide bonds. The van der Waals surface area contributed by atoms with Gasteiger partial charge in [-0.1, -0.05) is 140 Å². The molecule has 0 aliphatic heterocycles. The van der Waals surface area contributed by atoms with Gasteiger partial charge < -0.3 is 13.7 Å². The van der Waals surface area contributed by atoms with Crippen molar-refractivity contribution in [2.45, 2.75) is 0 Å². The molecule has 3 nitrogen and oxygen atoms in total. The molecule has 0 spiro atoms. The molecule has 0 fully saturated rings. The Hall–Kier alpha value is -7.40. The van der Waals surface area contributed by atoms with Crippen molar-refractivity contribution in [3.05, 3.63) is 200 Å². The minimum absolute atomic E-state index is 1.16. The van der Waals surface area contributed by atoms with Gasteiger partial charge in [0.15, 0.2) is 0 Å². The van der Waals surface area contributed by atoms with Gasteiger partial charge in [0.2, 0.25) is 0 Å². The first kappa shape index (κ1) is 31.8. The SMILES string of the molecule is c1ccc(-n2c3ccccc3c3c(-n4c5ccccc5c5cccc(-c6cccc7sc8c(-n9c%10ccccc%10c%10ccccc%109)cccc8c67)c54)cccc32)cc1. The Morgan fingerprint density at radius 3 is 1.53 bits per heavy atom. The maximum absolute atomic E-state index is 2.54. The number of nitrogens with zero attached hydrogens (tertiary/aromatic N) is 3. The van der Waals surface area contributed by atoms with Crippen molar-refractivity contribution in [2.24, 2.45) is 0 Å². The second kappa shape index (κ2) is 12.1. The van der Waals surface area contributed by atoms with Gasteiger partial charge in [-0.05, 0) is 66.2 Å². The van der Waals surface area contributed by atoms with Crippen LogP contribution in [-0.4, -0.2) is 13.7 Å². The van der Waals surface area contributed by atoms with Crippen molar-refractivity contribution in [2.75, 3.05) is 0 Å². The normalized spacial score (nSPS) is 12.1. The Bertz CT molecular complexity index is 3750. The van der Waals surface area contributed by atoms with Crippen LogP contribution in [0.3, 0.4) is 0 Å². The van der Waals surface area contributed by atoms with Crippen molar-refractivity contribution in [1.29, 1.82) is 0 Å². The molecular formula is C54H33N3S. The van der Waals surface area contributed by atoms with Crippen LogP contribution >= 0.6 is 11.3 Å². The molecule has 13 aromatic rings. The summed E-state index contributed by atoms with van der Waals surface area (Å²) in [6, 6.07) is 73.5. The van der Waals surface area contributed by atoms with E-state index in [9.17, 15) is 0 Å². The summed E-state index contributed by atoms with van der Waals surface area (Å²) in [5.41, 5.74) is 13.3. The van der Waals surface area contributed by atoms with Gasteiger partial charge in [-0.3, -0.25) is 0 Å². The summed E-state index contributed by atoms with van der Waals surface area (Å²) in [6.45, 7) is 0. The van der Waals surface area contributed by atoms with Gasteiger partial charge in [0, 0.05) is 59.0 Å². The largest absolute Gasteiger partial charge is 0.309 e. The summed E-state index contributed by atoms with van der Waals surface area (Å²) < 4.78 is 10.0. The van der Waals surface area contributed by atoms with Crippen LogP contribution in [0.1, 0.15) is 0 Å². The van der Waals surface area contributed by atoms with Crippen molar-refractivity contribution in [3.63, 3.8) is 0 Å². The molecule has 0 N–H and O–H groups in total. The predicted molar refractivity (Wildman–Crippen MR) is 248 cm³/mol. The van der Waals surface area contributed by atoms with Gasteiger partial charge in [0.1, 0.15) is 0 Å². The molecule has 0 saturated heterocycles. The lowest BCUT2D eigenvalue weighted by Gasteiger charge is -2.15. The van der Waals surface area contributed by atoms with Crippen LogP contribution in [0, 0.1) is 0 Å². The molecule has 0 unspecified atom stereocenters. The number of aromatic nitrogens is 3. The molecule has 13 rings (SSSR count). The molecule has 0 bridgehead atoms. The molecule has 4 heteroatoms. The fourth-order valence-electron chi connectivity index (χ4n) is 9.94.